The second kappa shape index (κ2) is 10.4. The third kappa shape index (κ3) is 5.18. The summed E-state index contributed by atoms with van der Waals surface area (Å²) in [6.45, 7) is 1.66. The molecule has 8 heteroatoms. The number of aromatic hydroxyl groups is 1. The lowest BCUT2D eigenvalue weighted by Gasteiger charge is -2.15. The van der Waals surface area contributed by atoms with Crippen molar-refractivity contribution in [2.24, 2.45) is 16.7 Å². The molecule has 1 atom stereocenters. The van der Waals surface area contributed by atoms with Crippen molar-refractivity contribution in [3.8, 4) is 21.9 Å². The van der Waals surface area contributed by atoms with E-state index in [9.17, 15) is 15.0 Å². The predicted molar refractivity (Wildman–Crippen MR) is 138 cm³/mol. The van der Waals surface area contributed by atoms with Gasteiger partial charge in [0.1, 0.15) is 30.0 Å². The van der Waals surface area contributed by atoms with E-state index in [4.69, 9.17) is 16.3 Å². The van der Waals surface area contributed by atoms with Crippen LogP contribution in [-0.2, 0) is 6.61 Å². The van der Waals surface area contributed by atoms with E-state index in [1.807, 2.05) is 41.8 Å². The molecule has 0 spiro atoms. The van der Waals surface area contributed by atoms with Gasteiger partial charge >= 0.3 is 0 Å². The number of nitrogens with two attached hydrogens (primary N) is 2. The molecule has 0 amide bonds. The quantitative estimate of drug-likeness (QED) is 0.0947. The van der Waals surface area contributed by atoms with Gasteiger partial charge in [-0.25, -0.2) is 0 Å². The number of hydrogen-bond donors (Lipinski definition) is 4. The molecule has 3 aromatic carbocycles. The van der Waals surface area contributed by atoms with Gasteiger partial charge in [-0.2, -0.15) is 5.10 Å². The van der Waals surface area contributed by atoms with Crippen molar-refractivity contribution in [1.82, 2.24) is 0 Å². The van der Waals surface area contributed by atoms with E-state index < -0.39 is 6.10 Å². The van der Waals surface area contributed by atoms with Gasteiger partial charge in [0.2, 0.25) is 0 Å². The molecule has 0 bridgehead atoms. The van der Waals surface area contributed by atoms with Crippen LogP contribution in [-0.4, -0.2) is 21.8 Å². The number of ketones is 1. The molecule has 4 aromatic rings. The van der Waals surface area contributed by atoms with Crippen LogP contribution in [0.4, 0.5) is 0 Å². The minimum absolute atomic E-state index is 0.0848. The van der Waals surface area contributed by atoms with Gasteiger partial charge in [0.05, 0.1) is 11.1 Å². The normalized spacial score (nSPS) is 12.3. The van der Waals surface area contributed by atoms with Crippen LogP contribution in [0.5, 0.6) is 11.5 Å². The molecule has 0 saturated heterocycles. The van der Waals surface area contributed by atoms with Gasteiger partial charge in [0.25, 0.3) is 0 Å². The minimum atomic E-state index is -0.850. The van der Waals surface area contributed by atoms with E-state index in [0.29, 0.717) is 28.0 Å². The fourth-order valence-corrected chi connectivity index (χ4v) is 4.50. The minimum Gasteiger partial charge on any atom is -0.506 e. The molecular formula is C27H25N3O4S. The Labute approximate surface area is 206 Å². The summed E-state index contributed by atoms with van der Waals surface area (Å²) >= 11 is 1.45. The molecular weight excluding hydrogens is 462 g/mol. The molecule has 7 nitrogen and oxygen atoms in total. The third-order valence-corrected chi connectivity index (χ3v) is 6.50. The number of rotatable bonds is 8. The number of thiophene rings is 1. The van der Waals surface area contributed by atoms with Gasteiger partial charge in [0.15, 0.2) is 5.78 Å². The van der Waals surface area contributed by atoms with Crippen molar-refractivity contribution in [2.75, 3.05) is 0 Å². The van der Waals surface area contributed by atoms with E-state index in [0.717, 1.165) is 10.4 Å². The van der Waals surface area contributed by atoms with Crippen LogP contribution in [0.1, 0.15) is 45.6 Å². The van der Waals surface area contributed by atoms with Crippen LogP contribution < -0.4 is 16.3 Å². The molecule has 0 radical (unpaired) electrons. The first-order valence-electron chi connectivity index (χ1n) is 10.8. The molecule has 0 aliphatic rings. The Balaban J connectivity index is 1.53. The number of hydrogen-bond acceptors (Lipinski definition) is 7. The summed E-state index contributed by atoms with van der Waals surface area (Å²) in [7, 11) is 0. The van der Waals surface area contributed by atoms with E-state index in [2.05, 4.69) is 5.10 Å². The average Bonchev–Trinajstić information content (AvgIpc) is 3.41. The van der Waals surface area contributed by atoms with Crippen molar-refractivity contribution in [1.29, 1.82) is 0 Å². The van der Waals surface area contributed by atoms with Crippen LogP contribution in [0.3, 0.4) is 0 Å². The number of aliphatic hydroxyl groups excluding tert-OH is 1. The summed E-state index contributed by atoms with van der Waals surface area (Å²) < 4.78 is 6.04. The number of benzene rings is 3. The summed E-state index contributed by atoms with van der Waals surface area (Å²) in [5.41, 5.74) is 9.41. The second-order valence-electron chi connectivity index (χ2n) is 7.94. The Kier molecular flexibility index (Phi) is 7.14. The lowest BCUT2D eigenvalue weighted by atomic mass is 9.98. The smallest absolute Gasteiger partial charge is 0.163 e. The average molecular weight is 488 g/mol. The zero-order valence-electron chi connectivity index (χ0n) is 19.0. The van der Waals surface area contributed by atoms with Crippen molar-refractivity contribution in [3.05, 3.63) is 106 Å². The molecule has 1 unspecified atom stereocenters. The standard InChI is InChI=1S/C27H25N3O4S/c1-16(31)21-11-12-22(24(26(21)33)23-6-3-13-35-23)34-15-17-7-9-18(10-8-17)25(32)19-4-2-5-20(14-19)27(28)30-29/h2-14,25,32-33H,15,29H2,1H3,(H2,28,30). The molecule has 0 fully saturated rings. The van der Waals surface area contributed by atoms with Crippen LogP contribution in [0.2, 0.25) is 0 Å². The summed E-state index contributed by atoms with van der Waals surface area (Å²) in [5.74, 6) is 5.62. The zero-order chi connectivity index (χ0) is 24.9. The zero-order valence-corrected chi connectivity index (χ0v) is 19.8. The fraction of sp³-hybridized carbons (Fsp3) is 0.111. The van der Waals surface area contributed by atoms with E-state index >= 15 is 0 Å². The fourth-order valence-electron chi connectivity index (χ4n) is 3.73. The van der Waals surface area contributed by atoms with Crippen LogP contribution in [0.25, 0.3) is 10.4 Å². The largest absolute Gasteiger partial charge is 0.506 e. The Hall–Kier alpha value is -4.14. The SMILES string of the molecule is CC(=O)c1ccc(OCc2ccc(C(O)c3cccc(/C(N)=N/N)c3)cc2)c(-c2cccs2)c1O. The first-order chi connectivity index (χ1) is 16.9. The Morgan fingerprint density at radius 3 is 2.49 bits per heavy atom. The first-order valence-corrected chi connectivity index (χ1v) is 11.7. The molecule has 178 valence electrons. The summed E-state index contributed by atoms with van der Waals surface area (Å²) in [5, 5.41) is 27.0. The van der Waals surface area contributed by atoms with Gasteiger partial charge in [-0.3, -0.25) is 4.79 Å². The van der Waals surface area contributed by atoms with Gasteiger partial charge in [-0.05, 0) is 53.3 Å². The molecule has 0 saturated carbocycles. The lowest BCUT2D eigenvalue weighted by molar-refractivity contribution is 0.101. The molecule has 35 heavy (non-hydrogen) atoms. The number of amidine groups is 1. The molecule has 0 aliphatic carbocycles. The molecule has 0 aliphatic heterocycles. The first kappa shape index (κ1) is 24.0. The Morgan fingerprint density at radius 1 is 1.06 bits per heavy atom. The monoisotopic (exact) mass is 487 g/mol. The summed E-state index contributed by atoms with van der Waals surface area (Å²) in [6, 6.07) is 21.5. The van der Waals surface area contributed by atoms with Crippen molar-refractivity contribution in [3.63, 3.8) is 0 Å². The highest BCUT2D eigenvalue weighted by Gasteiger charge is 2.19. The molecule has 1 aromatic heterocycles. The van der Waals surface area contributed by atoms with Crippen LogP contribution in [0, 0.1) is 0 Å². The Bertz CT molecular complexity index is 1370. The predicted octanol–water partition coefficient (Wildman–Crippen LogP) is 4.56. The maximum atomic E-state index is 11.9. The maximum absolute atomic E-state index is 11.9. The maximum Gasteiger partial charge on any atom is 0.163 e. The van der Waals surface area contributed by atoms with Crippen molar-refractivity contribution < 1.29 is 19.7 Å². The second-order valence-corrected chi connectivity index (χ2v) is 8.89. The van der Waals surface area contributed by atoms with E-state index in [1.54, 1.807) is 36.4 Å². The number of carbonyl (C=O) groups is 1. The number of hydrazone groups is 1. The number of ether oxygens (including phenoxy) is 1. The number of phenolic OH excluding ortho intramolecular Hbond substituents is 1. The van der Waals surface area contributed by atoms with Gasteiger partial charge in [-0.15, -0.1) is 11.3 Å². The van der Waals surface area contributed by atoms with Gasteiger partial charge < -0.3 is 26.5 Å². The van der Waals surface area contributed by atoms with Crippen molar-refractivity contribution in [2.45, 2.75) is 19.6 Å². The molecule has 6 N–H and O–H groups in total. The summed E-state index contributed by atoms with van der Waals surface area (Å²) in [6.07, 6.45) is -0.850. The molecule has 4 rings (SSSR count). The highest BCUT2D eigenvalue weighted by Crippen LogP contribution is 2.42. The molecule has 1 heterocycles. The number of nitrogens with zero attached hydrogens (tertiary/aromatic N) is 1. The van der Waals surface area contributed by atoms with Crippen molar-refractivity contribution >= 4 is 23.0 Å². The highest BCUT2D eigenvalue weighted by atomic mass is 32.1. The van der Waals surface area contributed by atoms with Gasteiger partial charge in [0, 0.05) is 10.4 Å². The number of phenols is 1. The third-order valence-electron chi connectivity index (χ3n) is 5.61. The topological polar surface area (TPSA) is 131 Å². The highest BCUT2D eigenvalue weighted by molar-refractivity contribution is 7.13. The van der Waals surface area contributed by atoms with E-state index in [1.165, 1.54) is 18.3 Å². The number of Topliss-reactive ketones (excluding diaryl/α,β-unsaturated/α-hetero) is 1. The number of carbonyl (C=O) groups excluding carboxylic acids is 1. The summed E-state index contributed by atoms with van der Waals surface area (Å²) in [4.78, 5) is 12.7. The Morgan fingerprint density at radius 2 is 1.83 bits per heavy atom. The van der Waals surface area contributed by atoms with E-state index in [-0.39, 0.29) is 29.5 Å². The lowest BCUT2D eigenvalue weighted by Crippen LogP contribution is -2.16. The van der Waals surface area contributed by atoms with Crippen LogP contribution >= 0.6 is 11.3 Å². The van der Waals surface area contributed by atoms with Crippen LogP contribution in [0.15, 0.2) is 83.3 Å². The number of aliphatic hydroxyl groups is 1. The van der Waals surface area contributed by atoms with Gasteiger partial charge in [-0.1, -0.05) is 48.5 Å².